The van der Waals surface area contributed by atoms with E-state index < -0.39 is 46.6 Å². The molecule has 1 aromatic heterocycles. The Balaban J connectivity index is 1.63. The highest BCUT2D eigenvalue weighted by Crippen LogP contribution is 2.36. The van der Waals surface area contributed by atoms with Crippen LogP contribution in [0.5, 0.6) is 17.2 Å². The van der Waals surface area contributed by atoms with E-state index in [4.69, 9.17) is 18.9 Å². The summed E-state index contributed by atoms with van der Waals surface area (Å²) in [5.74, 6) is 1.71. The molecule has 0 saturated heterocycles. The molecule has 0 saturated carbocycles. The van der Waals surface area contributed by atoms with Gasteiger partial charge in [-0.25, -0.2) is 21.6 Å². The number of aromatic nitrogens is 4. The zero-order chi connectivity index (χ0) is 40.7. The second-order valence-electron chi connectivity index (χ2n) is 13.8. The van der Waals surface area contributed by atoms with E-state index in [-0.39, 0.29) is 37.6 Å². The molecule has 1 amide bonds. The molecule has 4 aromatic carbocycles. The van der Waals surface area contributed by atoms with Crippen molar-refractivity contribution in [3.05, 3.63) is 108 Å². The molecule has 5 rings (SSSR count). The van der Waals surface area contributed by atoms with Gasteiger partial charge in [-0.2, -0.15) is 9.10 Å². The second kappa shape index (κ2) is 17.5. The molecule has 0 bridgehead atoms. The molecule has 0 spiro atoms. The number of nitrogens with zero attached hydrogens (tertiary/aromatic N) is 5. The Morgan fingerprint density at radius 2 is 1.27 bits per heavy atom. The molecule has 0 aliphatic heterocycles. The molecular weight excluding hydrogens is 761 g/mol. The minimum atomic E-state index is -4.72. The maximum atomic E-state index is 15.3. The van der Waals surface area contributed by atoms with Gasteiger partial charge in [0.2, 0.25) is 15.8 Å². The molecule has 0 aliphatic rings. The lowest BCUT2D eigenvalue weighted by Gasteiger charge is -2.26. The molecule has 5 aromatic rings. The molecule has 1 N–H and O–H groups in total. The van der Waals surface area contributed by atoms with E-state index in [2.05, 4.69) is 20.7 Å². The van der Waals surface area contributed by atoms with Gasteiger partial charge in [-0.05, 0) is 98.1 Å². The third-order valence-corrected chi connectivity index (χ3v) is 12.8. The van der Waals surface area contributed by atoms with Gasteiger partial charge in [-0.15, -0.1) is 10.2 Å². The summed E-state index contributed by atoms with van der Waals surface area (Å²) in [4.78, 5) is 12.8. The summed E-state index contributed by atoms with van der Waals surface area (Å²) >= 11 is 0. The lowest BCUT2D eigenvalue weighted by atomic mass is 10.2. The van der Waals surface area contributed by atoms with Gasteiger partial charge >= 0.3 is 6.09 Å². The van der Waals surface area contributed by atoms with Crippen molar-refractivity contribution < 1.29 is 40.6 Å². The number of carbonyl (C=O) groups is 1. The second-order valence-corrected chi connectivity index (χ2v) is 18.0. The highest BCUT2D eigenvalue weighted by Gasteiger charge is 2.38. The van der Waals surface area contributed by atoms with Crippen molar-refractivity contribution in [3.63, 3.8) is 0 Å². The van der Waals surface area contributed by atoms with E-state index in [0.717, 1.165) is 5.56 Å². The topological polar surface area (TPSA) is 181 Å². The Morgan fingerprint density at radius 1 is 0.768 bits per heavy atom. The predicted octanol–water partition coefficient (Wildman–Crippen LogP) is 5.49. The molecule has 0 fully saturated rings. The molecule has 1 atom stereocenters. The Morgan fingerprint density at radius 3 is 1.75 bits per heavy atom. The van der Waals surface area contributed by atoms with Crippen molar-refractivity contribution in [2.24, 2.45) is 0 Å². The quantitative estimate of drug-likeness (QED) is 0.133. The highest BCUT2D eigenvalue weighted by atomic mass is 32.2. The third kappa shape index (κ3) is 10.2. The van der Waals surface area contributed by atoms with Crippen LogP contribution in [0.3, 0.4) is 0 Å². The normalized spacial score (nSPS) is 12.6. The number of nitrogens with one attached hydrogen (secondary N) is 1. The summed E-state index contributed by atoms with van der Waals surface area (Å²) in [6.45, 7) is 5.97. The first kappa shape index (κ1) is 41.6. The molecule has 15 nitrogen and oxygen atoms in total. The van der Waals surface area contributed by atoms with Gasteiger partial charge in [0, 0.05) is 25.2 Å². The van der Waals surface area contributed by atoms with Gasteiger partial charge in [0.1, 0.15) is 27.7 Å². The maximum absolute atomic E-state index is 15.3. The SMILES string of the molecule is COc1ccc(CN(Cc2ccc(OC)cc2)S(=O)(=O)c2c(-c3nnn(Cc4ccc(OC)cc4)n3)cccc2S(=O)(=O)C(C)CNC(=O)OC(C)(C)C)cc1. The van der Waals surface area contributed by atoms with Crippen molar-refractivity contribution >= 4 is 26.0 Å². The van der Waals surface area contributed by atoms with Crippen LogP contribution in [0.1, 0.15) is 44.4 Å². The maximum Gasteiger partial charge on any atom is 0.407 e. The molecular formula is C39H46N6O9S2. The van der Waals surface area contributed by atoms with Crippen LogP contribution in [-0.2, 0) is 44.2 Å². The molecule has 1 unspecified atom stereocenters. The van der Waals surface area contributed by atoms with E-state index in [1.807, 2.05) is 12.1 Å². The number of ether oxygens (including phenoxy) is 4. The first-order chi connectivity index (χ1) is 26.5. The minimum Gasteiger partial charge on any atom is -0.497 e. The number of sulfone groups is 1. The van der Waals surface area contributed by atoms with Crippen LogP contribution in [-0.4, -0.2) is 86.2 Å². The van der Waals surface area contributed by atoms with Gasteiger partial charge in [-0.1, -0.05) is 42.5 Å². The number of sulfonamides is 1. The van der Waals surface area contributed by atoms with Gasteiger partial charge in [-0.3, -0.25) is 0 Å². The summed E-state index contributed by atoms with van der Waals surface area (Å²) in [5, 5.41) is 14.1. The van der Waals surface area contributed by atoms with Crippen LogP contribution < -0.4 is 19.5 Å². The predicted molar refractivity (Wildman–Crippen MR) is 209 cm³/mol. The van der Waals surface area contributed by atoms with E-state index in [0.29, 0.717) is 28.4 Å². The third-order valence-electron chi connectivity index (χ3n) is 8.56. The highest BCUT2D eigenvalue weighted by molar-refractivity contribution is 7.94. The fourth-order valence-corrected chi connectivity index (χ4v) is 9.28. The number of benzene rings is 4. The zero-order valence-electron chi connectivity index (χ0n) is 32.3. The van der Waals surface area contributed by atoms with E-state index >= 15 is 8.42 Å². The molecule has 17 heteroatoms. The van der Waals surface area contributed by atoms with Gasteiger partial charge in [0.05, 0.1) is 38.0 Å². The number of hydrogen-bond acceptors (Lipinski definition) is 12. The molecule has 298 valence electrons. The standard InChI is InChI=1S/C39H46N6O9S2/c1-27(23-40-38(46)54-39(2,3)4)55(47,48)35-10-8-9-34(37-41-43-45(42-37)26-30-15-21-33(53-7)22-16-30)36(35)56(49,50)44(24-28-11-17-31(51-5)18-12-28)25-29-13-19-32(52-6)20-14-29/h8-22,27H,23-26H2,1-7H3,(H,40,46). The molecule has 0 radical (unpaired) electrons. The van der Waals surface area contributed by atoms with Gasteiger partial charge in [0.15, 0.2) is 9.84 Å². The monoisotopic (exact) mass is 806 g/mol. The van der Waals surface area contributed by atoms with Crippen LogP contribution in [0.2, 0.25) is 0 Å². The Bertz CT molecular complexity index is 2280. The summed E-state index contributed by atoms with van der Waals surface area (Å²) < 4.78 is 81.9. The average molecular weight is 807 g/mol. The van der Waals surface area contributed by atoms with Crippen LogP contribution in [0.4, 0.5) is 4.79 Å². The first-order valence-corrected chi connectivity index (χ1v) is 20.5. The number of methoxy groups -OCH3 is 3. The van der Waals surface area contributed by atoms with E-state index in [9.17, 15) is 13.2 Å². The summed E-state index contributed by atoms with van der Waals surface area (Å²) in [5.41, 5.74) is 1.15. The van der Waals surface area contributed by atoms with E-state index in [1.165, 1.54) is 48.4 Å². The molecule has 56 heavy (non-hydrogen) atoms. The number of rotatable bonds is 16. The van der Waals surface area contributed by atoms with Crippen molar-refractivity contribution in [1.82, 2.24) is 29.8 Å². The number of carbonyl (C=O) groups excluding carboxylic acids is 1. The zero-order valence-corrected chi connectivity index (χ0v) is 33.9. The van der Waals surface area contributed by atoms with Crippen LogP contribution in [0.15, 0.2) is 101 Å². The number of hydrogen-bond donors (Lipinski definition) is 1. The fraction of sp³-hybridized carbons (Fsp3) is 0.333. The molecule has 1 heterocycles. The number of tetrazole rings is 1. The van der Waals surface area contributed by atoms with Crippen molar-refractivity contribution in [3.8, 4) is 28.6 Å². The number of amides is 1. The van der Waals surface area contributed by atoms with Crippen molar-refractivity contribution in [1.29, 1.82) is 0 Å². The smallest absolute Gasteiger partial charge is 0.407 e. The Kier molecular flexibility index (Phi) is 13.0. The van der Waals surface area contributed by atoms with Crippen LogP contribution in [0.25, 0.3) is 11.4 Å². The van der Waals surface area contributed by atoms with Crippen LogP contribution >= 0.6 is 0 Å². The summed E-state index contributed by atoms with van der Waals surface area (Å²) in [7, 11) is -4.57. The lowest BCUT2D eigenvalue weighted by molar-refractivity contribution is 0.0528. The summed E-state index contributed by atoms with van der Waals surface area (Å²) in [6.07, 6.45) is -0.816. The summed E-state index contributed by atoms with van der Waals surface area (Å²) in [6, 6.07) is 25.1. The van der Waals surface area contributed by atoms with Crippen LogP contribution in [0, 0.1) is 0 Å². The lowest BCUT2D eigenvalue weighted by Crippen LogP contribution is -2.39. The Hall–Kier alpha value is -5.52. The van der Waals surface area contributed by atoms with E-state index in [1.54, 1.807) is 88.5 Å². The molecule has 0 aliphatic carbocycles. The largest absolute Gasteiger partial charge is 0.497 e. The fourth-order valence-electron chi connectivity index (χ4n) is 5.59. The average Bonchev–Trinajstić information content (AvgIpc) is 3.64. The van der Waals surface area contributed by atoms with Crippen molar-refractivity contribution in [2.45, 2.75) is 68.0 Å². The van der Waals surface area contributed by atoms with Crippen molar-refractivity contribution in [2.75, 3.05) is 27.9 Å². The van der Waals surface area contributed by atoms with Gasteiger partial charge in [0.25, 0.3) is 0 Å². The first-order valence-electron chi connectivity index (χ1n) is 17.5. The number of alkyl carbamates (subject to hydrolysis) is 1. The van der Waals surface area contributed by atoms with Gasteiger partial charge < -0.3 is 24.3 Å². The minimum absolute atomic E-state index is 0.0752. The Labute approximate surface area is 327 Å².